The van der Waals surface area contributed by atoms with Crippen molar-refractivity contribution in [3.8, 4) is 5.75 Å². The molecule has 2 aromatic rings. The summed E-state index contributed by atoms with van der Waals surface area (Å²) < 4.78 is 33.5. The highest BCUT2D eigenvalue weighted by molar-refractivity contribution is 7.92. The molecule has 1 heterocycles. The Bertz CT molecular complexity index is 892. The van der Waals surface area contributed by atoms with Gasteiger partial charge < -0.3 is 9.84 Å². The van der Waals surface area contributed by atoms with Crippen LogP contribution in [0.15, 0.2) is 41.3 Å². The molecule has 1 aliphatic heterocycles. The fraction of sp³-hybridized carbons (Fsp3) is 0.368. The van der Waals surface area contributed by atoms with E-state index in [-0.39, 0.29) is 4.90 Å². The van der Waals surface area contributed by atoms with E-state index in [9.17, 15) is 13.5 Å². The van der Waals surface area contributed by atoms with Gasteiger partial charge in [-0.25, -0.2) is 8.42 Å². The number of rotatable bonds is 3. The molecule has 6 heteroatoms. The van der Waals surface area contributed by atoms with Crippen molar-refractivity contribution in [3.63, 3.8) is 0 Å². The van der Waals surface area contributed by atoms with Crippen LogP contribution in [0.1, 0.15) is 35.6 Å². The first-order chi connectivity index (χ1) is 11.9. The monoisotopic (exact) mass is 361 g/mol. The Balaban J connectivity index is 2.15. The zero-order valence-corrected chi connectivity index (χ0v) is 15.5. The summed E-state index contributed by atoms with van der Waals surface area (Å²) in [4.78, 5) is 0.275. The second kappa shape index (κ2) is 6.69. The second-order valence-electron chi connectivity index (χ2n) is 6.31. The van der Waals surface area contributed by atoms with E-state index in [0.29, 0.717) is 42.0 Å². The number of aliphatic hydroxyl groups is 1. The van der Waals surface area contributed by atoms with Gasteiger partial charge in [-0.15, -0.1) is 0 Å². The van der Waals surface area contributed by atoms with Gasteiger partial charge in [-0.1, -0.05) is 18.2 Å². The minimum Gasteiger partial charge on any atom is -0.496 e. The quantitative estimate of drug-likeness (QED) is 0.910. The van der Waals surface area contributed by atoms with Gasteiger partial charge in [0.1, 0.15) is 5.75 Å². The Hall–Kier alpha value is -2.05. The number of aliphatic hydroxyl groups excluding tert-OH is 1. The van der Waals surface area contributed by atoms with Gasteiger partial charge in [0.15, 0.2) is 0 Å². The van der Waals surface area contributed by atoms with Crippen LogP contribution in [0.25, 0.3) is 0 Å². The summed E-state index contributed by atoms with van der Waals surface area (Å²) >= 11 is 0. The van der Waals surface area contributed by atoms with Gasteiger partial charge in [-0.3, -0.25) is 4.31 Å². The zero-order valence-electron chi connectivity index (χ0n) is 14.7. The van der Waals surface area contributed by atoms with Gasteiger partial charge in [-0.05, 0) is 56.0 Å². The highest BCUT2D eigenvalue weighted by atomic mass is 32.2. The molecule has 0 fully saturated rings. The lowest BCUT2D eigenvalue weighted by Gasteiger charge is -2.26. The summed E-state index contributed by atoms with van der Waals surface area (Å²) in [5.74, 6) is 0.670. The van der Waals surface area contributed by atoms with Crippen LogP contribution in [0.2, 0.25) is 0 Å². The number of anilines is 1. The largest absolute Gasteiger partial charge is 0.496 e. The van der Waals surface area contributed by atoms with Crippen LogP contribution < -0.4 is 9.04 Å². The van der Waals surface area contributed by atoms with E-state index >= 15 is 0 Å². The first kappa shape index (κ1) is 17.8. The Labute approximate surface area is 148 Å². The third-order valence-corrected chi connectivity index (χ3v) is 6.84. The highest BCUT2D eigenvalue weighted by Gasteiger charge is 2.32. The van der Waals surface area contributed by atoms with Crippen molar-refractivity contribution in [2.75, 3.05) is 18.0 Å². The minimum atomic E-state index is -3.73. The van der Waals surface area contributed by atoms with Crippen molar-refractivity contribution < 1.29 is 18.3 Å². The molecule has 0 aliphatic carbocycles. The Morgan fingerprint density at radius 2 is 1.84 bits per heavy atom. The lowest BCUT2D eigenvalue weighted by Crippen LogP contribution is -2.32. The van der Waals surface area contributed by atoms with Crippen molar-refractivity contribution in [2.45, 2.75) is 37.7 Å². The van der Waals surface area contributed by atoms with E-state index < -0.39 is 16.1 Å². The number of para-hydroxylation sites is 1. The fourth-order valence-electron chi connectivity index (χ4n) is 3.34. The molecule has 1 aliphatic rings. The normalized spacial score (nSPS) is 17.8. The molecule has 0 spiro atoms. The predicted octanol–water partition coefficient (Wildman–Crippen LogP) is 3.33. The molecule has 0 amide bonds. The third-order valence-electron chi connectivity index (χ3n) is 4.88. The van der Waals surface area contributed by atoms with Crippen LogP contribution in [0.5, 0.6) is 5.75 Å². The van der Waals surface area contributed by atoms with Crippen LogP contribution in [0, 0.1) is 13.8 Å². The number of nitrogens with zero attached hydrogens (tertiary/aromatic N) is 1. The molecule has 134 valence electrons. The average Bonchev–Trinajstić information content (AvgIpc) is 2.77. The van der Waals surface area contributed by atoms with E-state index in [1.165, 1.54) is 4.31 Å². The number of ether oxygens (including phenoxy) is 1. The van der Waals surface area contributed by atoms with Crippen molar-refractivity contribution in [3.05, 3.63) is 53.1 Å². The topological polar surface area (TPSA) is 66.8 Å². The van der Waals surface area contributed by atoms with Crippen LogP contribution in [0.4, 0.5) is 5.69 Å². The maximum Gasteiger partial charge on any atom is 0.264 e. The molecular formula is C19H23NO4S. The molecule has 0 bridgehead atoms. The first-order valence-electron chi connectivity index (χ1n) is 8.32. The molecular weight excluding hydrogens is 338 g/mol. The summed E-state index contributed by atoms with van der Waals surface area (Å²) in [7, 11) is -2.16. The molecule has 25 heavy (non-hydrogen) atoms. The first-order valence-corrected chi connectivity index (χ1v) is 9.76. The zero-order chi connectivity index (χ0) is 18.2. The maximum absolute atomic E-state index is 13.4. The Kier molecular flexibility index (Phi) is 4.75. The molecule has 0 radical (unpaired) electrons. The SMILES string of the molecule is COc1ccc(S(=O)(=O)N2CCCC(O)c3ccccc32)c(C)c1C. The predicted molar refractivity (Wildman–Crippen MR) is 97.6 cm³/mol. The molecule has 1 unspecified atom stereocenters. The minimum absolute atomic E-state index is 0.275. The van der Waals surface area contributed by atoms with Crippen molar-refractivity contribution in [1.29, 1.82) is 0 Å². The fourth-order valence-corrected chi connectivity index (χ4v) is 5.15. The smallest absolute Gasteiger partial charge is 0.264 e. The number of sulfonamides is 1. The summed E-state index contributed by atoms with van der Waals surface area (Å²) in [5, 5.41) is 10.3. The lowest BCUT2D eigenvalue weighted by molar-refractivity contribution is 0.168. The molecule has 2 aromatic carbocycles. The molecule has 0 saturated carbocycles. The van der Waals surface area contributed by atoms with Crippen LogP contribution in [0.3, 0.4) is 0 Å². The van der Waals surface area contributed by atoms with Gasteiger partial charge in [0.2, 0.25) is 0 Å². The molecule has 0 saturated heterocycles. The van der Waals surface area contributed by atoms with Crippen molar-refractivity contribution in [1.82, 2.24) is 0 Å². The average molecular weight is 361 g/mol. The third kappa shape index (κ3) is 3.00. The number of hydrogen-bond donors (Lipinski definition) is 1. The molecule has 3 rings (SSSR count). The second-order valence-corrected chi connectivity index (χ2v) is 8.14. The molecule has 1 atom stereocenters. The maximum atomic E-state index is 13.4. The van der Waals surface area contributed by atoms with E-state index in [1.54, 1.807) is 44.4 Å². The van der Waals surface area contributed by atoms with Gasteiger partial charge >= 0.3 is 0 Å². The highest BCUT2D eigenvalue weighted by Crippen LogP contribution is 2.37. The summed E-state index contributed by atoms with van der Waals surface area (Å²) in [5.41, 5.74) is 2.71. The van der Waals surface area contributed by atoms with Gasteiger partial charge in [0.05, 0.1) is 23.8 Å². The number of fused-ring (bicyclic) bond motifs is 1. The van der Waals surface area contributed by atoms with E-state index in [1.807, 2.05) is 13.0 Å². The van der Waals surface area contributed by atoms with E-state index in [4.69, 9.17) is 4.74 Å². The number of benzene rings is 2. The molecule has 1 N–H and O–H groups in total. The Morgan fingerprint density at radius 1 is 1.12 bits per heavy atom. The summed E-state index contributed by atoms with van der Waals surface area (Å²) in [6.45, 7) is 4.00. The van der Waals surface area contributed by atoms with Crippen molar-refractivity contribution in [2.24, 2.45) is 0 Å². The molecule has 0 aromatic heterocycles. The standard InChI is InChI=1S/C19H23NO4S/c1-13-14(2)19(11-10-18(13)24-3)25(22,23)20-12-6-9-17(21)15-7-4-5-8-16(15)20/h4-5,7-8,10-11,17,21H,6,9,12H2,1-3H3. The van der Waals surface area contributed by atoms with Gasteiger partial charge in [0, 0.05) is 12.1 Å². The summed E-state index contributed by atoms with van der Waals surface area (Å²) in [6.07, 6.45) is 0.502. The molecule has 5 nitrogen and oxygen atoms in total. The van der Waals surface area contributed by atoms with E-state index in [0.717, 1.165) is 5.56 Å². The van der Waals surface area contributed by atoms with E-state index in [2.05, 4.69) is 0 Å². The number of methoxy groups -OCH3 is 1. The number of hydrogen-bond acceptors (Lipinski definition) is 4. The van der Waals surface area contributed by atoms with Crippen LogP contribution in [-0.2, 0) is 10.0 Å². The van der Waals surface area contributed by atoms with Gasteiger partial charge in [-0.2, -0.15) is 0 Å². The van der Waals surface area contributed by atoms with Crippen LogP contribution >= 0.6 is 0 Å². The van der Waals surface area contributed by atoms with Crippen molar-refractivity contribution >= 4 is 15.7 Å². The van der Waals surface area contributed by atoms with Gasteiger partial charge in [0.25, 0.3) is 10.0 Å². The lowest BCUT2D eigenvalue weighted by atomic mass is 10.1. The Morgan fingerprint density at radius 3 is 2.56 bits per heavy atom. The van der Waals surface area contributed by atoms with Crippen LogP contribution in [-0.4, -0.2) is 27.2 Å². The summed E-state index contributed by atoms with van der Waals surface area (Å²) in [6, 6.07) is 10.5.